The Bertz CT molecular complexity index is 3570. The molecule has 522 valence electrons. The summed E-state index contributed by atoms with van der Waals surface area (Å²) in [5.74, 6) is 5.59. The van der Waals surface area contributed by atoms with Crippen LogP contribution in [0.1, 0.15) is 118 Å². The molecule has 10 aromatic carbocycles. The summed E-state index contributed by atoms with van der Waals surface area (Å²) >= 11 is 0. The van der Waals surface area contributed by atoms with Crippen LogP contribution < -0.4 is 37.9 Å². The van der Waals surface area contributed by atoms with E-state index in [0.717, 1.165) is 58.6 Å². The Balaban J connectivity index is 0.000000686. The second-order valence-electron chi connectivity index (χ2n) is 22.0. The number of aryl methyl sites for hydroxylation is 9. The molecular weight excluding hydrogens is 1240 g/mol. The maximum Gasteiger partial charge on any atom is 0.419 e. The Morgan fingerprint density at radius 1 is 0.268 bits per heavy atom. The Labute approximate surface area is 574 Å². The molecule has 10 aromatic rings. The van der Waals surface area contributed by atoms with Crippen LogP contribution in [0, 0.1) is 62.3 Å². The number of benzene rings is 10. The summed E-state index contributed by atoms with van der Waals surface area (Å²) in [6.07, 6.45) is -9.32. The highest BCUT2D eigenvalue weighted by Gasteiger charge is 2.53. The van der Waals surface area contributed by atoms with Gasteiger partial charge in [-0.1, -0.05) is 204 Å². The molecule has 8 nitrogen and oxygen atoms in total. The first-order chi connectivity index (χ1) is 43.4. The molecule has 97 heavy (non-hydrogen) atoms. The Kier molecular flexibility index (Phi) is 35.6. The second-order valence-corrected chi connectivity index (χ2v) is 22.0. The molecule has 0 saturated carbocycles. The van der Waals surface area contributed by atoms with Gasteiger partial charge in [0.05, 0.1) is 5.56 Å². The van der Waals surface area contributed by atoms with Crippen molar-refractivity contribution < 1.29 is 64.2 Å². The lowest BCUT2D eigenvalue weighted by atomic mass is 9.75. The molecule has 0 bridgehead atoms. The zero-order chi connectivity index (χ0) is 65.6. The van der Waals surface area contributed by atoms with Crippen LogP contribution in [0.4, 0.5) is 26.3 Å². The Morgan fingerprint density at radius 2 is 0.505 bits per heavy atom. The van der Waals surface area contributed by atoms with Crippen molar-refractivity contribution >= 4 is 0 Å². The number of hydrogen-bond acceptors (Lipinski definition) is 8. The lowest BCUT2D eigenvalue weighted by molar-refractivity contribution is -0.173. The van der Waals surface area contributed by atoms with Gasteiger partial charge in [0.15, 0.2) is 0 Å². The summed E-state index contributed by atoms with van der Waals surface area (Å²) in [5.41, 5.74) is 6.23. The fourth-order valence-corrected chi connectivity index (χ4v) is 8.79. The minimum atomic E-state index is -4.67. The predicted octanol–water partition coefficient (Wildman–Crippen LogP) is 25.1. The molecule has 0 spiro atoms. The van der Waals surface area contributed by atoms with Gasteiger partial charge in [-0.25, -0.2) is 0 Å². The van der Waals surface area contributed by atoms with Gasteiger partial charge in [-0.3, -0.25) is 0 Å². The molecule has 0 N–H and O–H groups in total. The maximum atomic E-state index is 14.5. The van der Waals surface area contributed by atoms with E-state index in [1.807, 2.05) is 199 Å². The van der Waals surface area contributed by atoms with Crippen LogP contribution in [0.25, 0.3) is 0 Å². The van der Waals surface area contributed by atoms with E-state index in [4.69, 9.17) is 37.9 Å². The van der Waals surface area contributed by atoms with Crippen molar-refractivity contribution in [2.75, 3.05) is 26.8 Å². The van der Waals surface area contributed by atoms with Gasteiger partial charge in [0.2, 0.25) is 13.6 Å². The van der Waals surface area contributed by atoms with Gasteiger partial charge < -0.3 is 37.9 Å². The summed E-state index contributed by atoms with van der Waals surface area (Å²) in [6.45, 7) is 20.3. The summed E-state index contributed by atoms with van der Waals surface area (Å²) in [4.78, 5) is 0. The monoisotopic (exact) mass is 1340 g/mol. The van der Waals surface area contributed by atoms with E-state index >= 15 is 0 Å². The van der Waals surface area contributed by atoms with Crippen LogP contribution in [0.3, 0.4) is 0 Å². The van der Waals surface area contributed by atoms with Crippen LogP contribution in [0.15, 0.2) is 231 Å². The van der Waals surface area contributed by atoms with Crippen molar-refractivity contribution in [2.24, 2.45) is 0 Å². The smallest absolute Gasteiger partial charge is 0.419 e. The molecule has 14 heteroatoms. The van der Waals surface area contributed by atoms with Crippen LogP contribution in [-0.2, 0) is 11.6 Å². The van der Waals surface area contributed by atoms with Crippen LogP contribution >= 0.6 is 0 Å². The van der Waals surface area contributed by atoms with Crippen molar-refractivity contribution in [3.63, 3.8) is 0 Å². The van der Waals surface area contributed by atoms with Gasteiger partial charge >= 0.3 is 12.4 Å². The van der Waals surface area contributed by atoms with Crippen LogP contribution in [0.5, 0.6) is 57.5 Å². The molecule has 0 fully saturated rings. The third-order valence-electron chi connectivity index (χ3n) is 14.3. The largest absolute Gasteiger partial charge is 0.490 e. The molecule has 1 atom stereocenters. The van der Waals surface area contributed by atoms with E-state index in [0.29, 0.717) is 30.3 Å². The molecular formula is C83H100F6O8. The minimum Gasteiger partial charge on any atom is -0.490 e. The zero-order valence-corrected chi connectivity index (χ0v) is 52.8. The molecule has 0 amide bonds. The number of ether oxygens (including phenoxy) is 8. The molecule has 0 aliphatic carbocycles. The average Bonchev–Trinajstić information content (AvgIpc) is 0.756. The number of rotatable bonds is 19. The fourth-order valence-electron chi connectivity index (χ4n) is 8.79. The summed E-state index contributed by atoms with van der Waals surface area (Å²) in [6, 6.07) is 67.5. The van der Waals surface area contributed by atoms with Crippen molar-refractivity contribution in [1.29, 1.82) is 0 Å². The third kappa shape index (κ3) is 27.1. The lowest BCUT2D eigenvalue weighted by Crippen LogP contribution is -2.40. The van der Waals surface area contributed by atoms with E-state index < -0.39 is 29.1 Å². The normalized spacial score (nSPS) is 10.8. The Morgan fingerprint density at radius 3 is 0.773 bits per heavy atom. The molecule has 1 unspecified atom stereocenters. The summed E-state index contributed by atoms with van der Waals surface area (Å²) < 4.78 is 128. The van der Waals surface area contributed by atoms with Crippen molar-refractivity contribution in [3.8, 4) is 57.5 Å². The number of hydrogen-bond donors (Lipinski definition) is 0. The topological polar surface area (TPSA) is 73.8 Å². The van der Waals surface area contributed by atoms with Gasteiger partial charge in [-0.05, 0) is 201 Å². The highest BCUT2D eigenvalue weighted by Crippen LogP contribution is 2.47. The van der Waals surface area contributed by atoms with E-state index in [1.165, 1.54) is 101 Å². The van der Waals surface area contributed by atoms with Gasteiger partial charge in [-0.2, -0.15) is 26.3 Å². The highest BCUT2D eigenvalue weighted by atomic mass is 19.4. The summed E-state index contributed by atoms with van der Waals surface area (Å²) in [5, 5.41) is 0. The van der Waals surface area contributed by atoms with Crippen LogP contribution in [-0.4, -0.2) is 33.0 Å². The van der Waals surface area contributed by atoms with Crippen molar-refractivity contribution in [3.05, 3.63) is 297 Å². The first-order valence-corrected chi connectivity index (χ1v) is 29.5. The fraction of sp³-hybridized carbons (Fsp3) is 0.277. The molecule has 0 heterocycles. The first kappa shape index (κ1) is 85.2. The maximum absolute atomic E-state index is 14.5. The predicted molar refractivity (Wildman–Crippen MR) is 388 cm³/mol. The van der Waals surface area contributed by atoms with Gasteiger partial charge in [0, 0.05) is 0 Å². The van der Waals surface area contributed by atoms with Gasteiger partial charge in [-0.15, -0.1) is 0 Å². The lowest BCUT2D eigenvalue weighted by Gasteiger charge is -2.33. The molecule has 0 aliphatic heterocycles. The minimum absolute atomic E-state index is 0. The van der Waals surface area contributed by atoms with E-state index in [1.54, 1.807) is 6.07 Å². The van der Waals surface area contributed by atoms with E-state index in [-0.39, 0.29) is 75.0 Å². The zero-order valence-electron chi connectivity index (χ0n) is 52.8. The third-order valence-corrected chi connectivity index (χ3v) is 14.3. The number of halogens is 6. The van der Waals surface area contributed by atoms with Crippen molar-refractivity contribution in [1.82, 2.24) is 0 Å². The SMILES string of the molecule is C.C.C.C.C.C.Cc1ccc(OCCOc2ccc(C)cc2)cc1.Cc1ccc(OCOc2ccc(C)cc2)cc1.Cc1ccc(OCOc2ccc(C)cc2)cc1.Cc1ccc(Oc2ccc(C(C)(c3ccc(Oc4ccc(C)cc4C(F)(F)F)cc3)C(F)(F)F)cc2)c(C)c1. The van der Waals surface area contributed by atoms with E-state index in [9.17, 15) is 26.3 Å². The number of alkyl halides is 6. The average molecular weight is 1340 g/mol. The van der Waals surface area contributed by atoms with Crippen LogP contribution in [0.2, 0.25) is 0 Å². The second kappa shape index (κ2) is 40.5. The van der Waals surface area contributed by atoms with Gasteiger partial charge in [0.25, 0.3) is 0 Å². The molecule has 10 rings (SSSR count). The van der Waals surface area contributed by atoms with Crippen molar-refractivity contribution in [2.45, 2.75) is 132 Å². The Hall–Kier alpha value is -9.82. The molecule has 0 radical (unpaired) electrons. The first-order valence-electron chi connectivity index (χ1n) is 29.5. The van der Waals surface area contributed by atoms with E-state index in [2.05, 4.69) is 13.8 Å². The molecule has 0 aromatic heterocycles. The molecule has 0 aliphatic rings. The highest BCUT2D eigenvalue weighted by molar-refractivity contribution is 5.48. The standard InChI is InChI=1S/C31H26F6O2.C16H18O2.2C15H16O2.6CH4/c1-19-5-15-27(21(3)17-19)38-24-11-7-22(8-12-24)29(4,31(35,36)37)23-9-13-25(14-10-23)39-28-16-6-20(2)18-26(28)30(32,33)34;1-13-3-7-15(8-4-13)17-11-12-18-16-9-5-14(2)6-10-16;2*1-12-3-7-14(8-4-12)16-11-17-15-9-5-13(2)6-10-15;;;;;;/h5-18H,1-4H3;3-10H,11-12H2,1-2H3;2*3-10H,11H2,1-2H3;6*1H4. The summed E-state index contributed by atoms with van der Waals surface area (Å²) in [7, 11) is 0. The molecule has 0 saturated heterocycles. The quantitative estimate of drug-likeness (QED) is 0.0450. The van der Waals surface area contributed by atoms with Gasteiger partial charge in [0.1, 0.15) is 76.1 Å².